The summed E-state index contributed by atoms with van der Waals surface area (Å²) in [5.41, 5.74) is 16.1. The largest absolute Gasteiger partial charge is 0 e. The van der Waals surface area contributed by atoms with Crippen LogP contribution < -0.4 is 10.5 Å². The third-order valence-electron chi connectivity index (χ3n) is 22.0. The molecule has 606 valence electrons. The molecule has 0 saturated carbocycles. The predicted octanol–water partition coefficient (Wildman–Crippen LogP) is 25.8. The smallest absolute Gasteiger partial charge is 0 e. The van der Waals surface area contributed by atoms with Gasteiger partial charge in [0, 0.05) is 51.2 Å². The van der Waals surface area contributed by atoms with Crippen LogP contribution in [0, 0.1) is 0 Å². The van der Waals surface area contributed by atoms with Crippen LogP contribution in [0.3, 0.4) is 0 Å². The Morgan fingerprint density at radius 3 is 0.267 bits per heavy atom. The van der Waals surface area contributed by atoms with Gasteiger partial charge in [0.1, 0.15) is 0 Å². The Morgan fingerprint density at radius 1 is 0.143 bits per heavy atom. The molecule has 0 aromatic heterocycles. The molecule has 0 N–H and O–H groups in total. The van der Waals surface area contributed by atoms with Gasteiger partial charge in [0.05, 0.1) is 0 Å². The first kappa shape index (κ1) is 115. The second-order valence-corrected chi connectivity index (χ2v) is 157. The molecular formula is C81H177Sb3Se3Si18. The zero-order valence-electron chi connectivity index (χ0n) is 80.2. The fraction of sp³-hybridized carbons (Fsp3) is 0.778. The first-order chi connectivity index (χ1) is 43.8. The van der Waals surface area contributed by atoms with Crippen molar-refractivity contribution in [1.82, 2.24) is 0 Å². The average molecular weight is 2260 g/mol. The van der Waals surface area contributed by atoms with Gasteiger partial charge in [-0.15, -0.1) is 0 Å². The van der Waals surface area contributed by atoms with E-state index in [1.807, 2.05) is 33.4 Å². The molecule has 0 amide bonds. The SMILES string of the molecule is C[Si](C)(C)C(c1cc(C([Si](C)(C)C)[Si](C)(C)C)[c]([Sb])c(C([Si](C)(C)C)[Si](C)(C)C)c1)[Si](C)(C)C.C[Si](C)(C)C(c1cc(C([Si](C)(C)C)[Si](C)(C)C)[c]([Sb])c(C([Si](C)(C)C)[Si](C)(C)C)c1)[Si](C)(C)C.C[Si](C)(C)C(c1cc(C([Si](C)(C)C)[Si](C)(C)C)[c]([Sb])c(C([Si](C)(C)C)[Si](C)(C)C)c1)[Si](C)(C)C.[Se].[Se].[Se]. The van der Waals surface area contributed by atoms with Gasteiger partial charge in [0.15, 0.2) is 0 Å². The van der Waals surface area contributed by atoms with Crippen molar-refractivity contribution in [3.8, 4) is 0 Å². The third-order valence-corrected chi connectivity index (χ3v) is 110. The van der Waals surface area contributed by atoms with E-state index in [-0.39, 0.29) is 51.2 Å². The Morgan fingerprint density at radius 2 is 0.210 bits per heavy atom. The minimum absolute atomic E-state index is 0. The molecule has 24 heteroatoms. The molecule has 0 saturated heterocycles. The Kier molecular flexibility index (Phi) is 42.3. The number of hydrogen-bond donors (Lipinski definition) is 0. The van der Waals surface area contributed by atoms with E-state index in [1.54, 1.807) is 27.2 Å². The standard InChI is InChI=1S/3C27H59Si6.3Sb.3Se/c3*1-28(2,3)25(29(4,5)6)22-19-23(26(30(7,8)9)31(10,11)12)21-24(20-22)27(32(13,14)15)33(16,17)18;;;;;;/h3*19-20,25-27H,1-18H3;;;;;;. The number of benzene rings is 3. The van der Waals surface area contributed by atoms with Crippen molar-refractivity contribution in [2.75, 3.05) is 0 Å². The van der Waals surface area contributed by atoms with E-state index in [0.29, 0.717) is 0 Å². The number of hydrogen-bond acceptors (Lipinski definition) is 0. The zero-order valence-corrected chi connectivity index (χ0v) is 111. The Bertz CT molecular complexity index is 2640. The maximum Gasteiger partial charge on any atom is 0 e. The van der Waals surface area contributed by atoms with E-state index >= 15 is 0 Å². The molecule has 0 heterocycles. The summed E-state index contributed by atoms with van der Waals surface area (Å²) in [7, 11) is -24.7. The molecular weight excluding hydrogens is 2080 g/mol. The fourth-order valence-corrected chi connectivity index (χ4v) is 146. The Balaban J connectivity index is -0.00000147. The van der Waals surface area contributed by atoms with Gasteiger partial charge in [-0.2, -0.15) is 0 Å². The molecule has 3 aromatic rings. The molecule has 105 heavy (non-hydrogen) atoms. The summed E-state index contributed by atoms with van der Waals surface area (Å²) in [4.78, 5) is 0. The monoisotopic (exact) mass is 2260 g/mol. The van der Waals surface area contributed by atoms with Crippen molar-refractivity contribution in [2.45, 2.75) is 400 Å². The van der Waals surface area contributed by atoms with Gasteiger partial charge >= 0.3 is 711 Å². The van der Waals surface area contributed by atoms with Crippen molar-refractivity contribution in [2.24, 2.45) is 0 Å². The van der Waals surface area contributed by atoms with Crippen LogP contribution in [0.5, 0.6) is 0 Å². The fourth-order valence-electron chi connectivity index (χ4n) is 24.2. The second kappa shape index (κ2) is 38.8. The molecule has 0 aliphatic heterocycles. The first-order valence-corrected chi connectivity index (χ1v) is 109. The third kappa shape index (κ3) is 32.5. The summed E-state index contributed by atoms with van der Waals surface area (Å²) in [6.45, 7) is 143. The maximum absolute atomic E-state index is 2.81. The van der Waals surface area contributed by atoms with E-state index in [0.717, 1.165) is 46.5 Å². The quantitative estimate of drug-likeness (QED) is 0.0668. The summed E-state index contributed by atoms with van der Waals surface area (Å²) in [5.74, 6) is 0. The van der Waals surface area contributed by atoms with Crippen molar-refractivity contribution in [3.05, 3.63) is 86.5 Å². The van der Waals surface area contributed by atoms with Crippen LogP contribution in [0.15, 0.2) is 36.4 Å². The van der Waals surface area contributed by atoms with Crippen LogP contribution >= 0.6 is 0 Å². The van der Waals surface area contributed by atoms with Gasteiger partial charge in [0.25, 0.3) is 0 Å². The van der Waals surface area contributed by atoms with Crippen LogP contribution in [-0.4, -0.2) is 266 Å². The van der Waals surface area contributed by atoms with Crippen LogP contribution in [-0.2, 0) is 0 Å². The Hall–Kier alpha value is 5.58. The van der Waals surface area contributed by atoms with E-state index in [4.69, 9.17) is 0 Å². The summed E-state index contributed by atoms with van der Waals surface area (Å²) >= 11 is 6.15. The normalized spacial score (nSPS) is 14.7. The maximum atomic E-state index is 2.81. The minimum atomic E-state index is -1.38. The molecule has 3 aromatic carbocycles. The summed E-state index contributed by atoms with van der Waals surface area (Å²) < 4.78 is 5.23. The topological polar surface area (TPSA) is 0 Å². The van der Waals surface area contributed by atoms with Crippen molar-refractivity contribution < 1.29 is 0 Å². The molecule has 0 bridgehead atoms. The van der Waals surface area contributed by atoms with E-state index in [2.05, 4.69) is 459 Å². The van der Waals surface area contributed by atoms with Gasteiger partial charge in [0.2, 0.25) is 0 Å². The van der Waals surface area contributed by atoms with Crippen LogP contribution in [0.2, 0.25) is 354 Å². The first-order valence-electron chi connectivity index (χ1n) is 40.4. The molecule has 12 radical (unpaired) electrons. The van der Waals surface area contributed by atoms with Crippen LogP contribution in [0.4, 0.5) is 0 Å². The predicted molar refractivity (Wildman–Crippen MR) is 558 cm³/mol. The molecule has 0 fully saturated rings. The van der Waals surface area contributed by atoms with Crippen LogP contribution in [0.1, 0.15) is 96.6 Å². The summed E-state index contributed by atoms with van der Waals surface area (Å²) in [5, 5.41) is 7.39. The van der Waals surface area contributed by atoms with E-state index < -0.39 is 145 Å². The molecule has 0 aliphatic rings. The minimum Gasteiger partial charge on any atom is 0 e. The molecule has 3 rings (SSSR count). The molecule has 0 unspecified atom stereocenters. The zero-order chi connectivity index (χ0) is 82.4. The molecule has 0 aliphatic carbocycles. The summed E-state index contributed by atoms with van der Waals surface area (Å²) in [6, 6.07) is 16.9. The second-order valence-electron chi connectivity index (χ2n) is 52.6. The molecule has 0 nitrogen and oxygen atoms in total. The number of rotatable bonds is 27. The van der Waals surface area contributed by atoms with Crippen molar-refractivity contribution >= 4 is 276 Å². The van der Waals surface area contributed by atoms with Gasteiger partial charge in [-0.1, -0.05) is 0 Å². The van der Waals surface area contributed by atoms with E-state index in [9.17, 15) is 0 Å². The van der Waals surface area contributed by atoms with Gasteiger partial charge in [-0.3, -0.25) is 0 Å². The van der Waals surface area contributed by atoms with Crippen molar-refractivity contribution in [1.29, 1.82) is 0 Å². The average Bonchev–Trinajstić information content (AvgIpc) is 0.749. The van der Waals surface area contributed by atoms with Gasteiger partial charge < -0.3 is 0 Å². The van der Waals surface area contributed by atoms with E-state index in [1.165, 1.54) is 0 Å². The Labute approximate surface area is 752 Å². The van der Waals surface area contributed by atoms with Crippen molar-refractivity contribution in [3.63, 3.8) is 0 Å². The molecule has 0 atom stereocenters. The van der Waals surface area contributed by atoms with Crippen LogP contribution in [0.25, 0.3) is 0 Å². The van der Waals surface area contributed by atoms with Gasteiger partial charge in [-0.05, 0) is 0 Å². The molecule has 0 spiro atoms. The van der Waals surface area contributed by atoms with Gasteiger partial charge in [-0.25, -0.2) is 0 Å². The summed E-state index contributed by atoms with van der Waals surface area (Å²) in [6.07, 6.45) is 0.